The molecule has 60 heavy (non-hydrogen) atoms. The number of H-pyrrole nitrogens is 1. The molecule has 2 fully saturated rings. The summed E-state index contributed by atoms with van der Waals surface area (Å²) in [7, 11) is 0. The minimum absolute atomic E-state index is 0.181. The Labute approximate surface area is 346 Å². The van der Waals surface area contributed by atoms with Crippen LogP contribution in [0.5, 0.6) is 0 Å². The summed E-state index contributed by atoms with van der Waals surface area (Å²) in [5.41, 5.74) is 5.69. The number of benzene rings is 4. The highest BCUT2D eigenvalue weighted by atomic mass is 16.4. The first kappa shape index (κ1) is 39.7. The largest absolute Gasteiger partial charge is 0.436 e. The lowest BCUT2D eigenvalue weighted by Crippen LogP contribution is -2.48. The number of amides is 5. The van der Waals surface area contributed by atoms with Crippen molar-refractivity contribution in [3.8, 4) is 22.8 Å². The Morgan fingerprint density at radius 3 is 2.03 bits per heavy atom. The van der Waals surface area contributed by atoms with E-state index in [9.17, 15) is 24.0 Å². The number of fused-ring (bicyclic) bond motifs is 1. The zero-order chi connectivity index (χ0) is 41.9. The van der Waals surface area contributed by atoms with Crippen LogP contribution in [0, 0.1) is 6.92 Å². The average molecular weight is 807 g/mol. The highest BCUT2D eigenvalue weighted by Crippen LogP contribution is 2.36. The molecule has 2 saturated heterocycles. The lowest BCUT2D eigenvalue weighted by atomic mass is 10.0. The second-order valence-electron chi connectivity index (χ2n) is 15.4. The van der Waals surface area contributed by atoms with Gasteiger partial charge in [-0.3, -0.25) is 24.0 Å². The number of nitrogens with zero attached hydrogens (tertiary/aromatic N) is 4. The van der Waals surface area contributed by atoms with E-state index in [4.69, 9.17) is 9.40 Å². The number of hydrogen-bond acceptors (Lipinski definition) is 8. The van der Waals surface area contributed by atoms with Crippen LogP contribution in [0.3, 0.4) is 0 Å². The lowest BCUT2D eigenvalue weighted by Gasteiger charge is -2.29. The molecular formula is C46H46N8O6. The molecule has 0 aliphatic carbocycles. The van der Waals surface area contributed by atoms with Gasteiger partial charge >= 0.3 is 0 Å². The van der Waals surface area contributed by atoms with Gasteiger partial charge in [0.05, 0.1) is 23.3 Å². The number of nitrogens with one attached hydrogen (secondary N) is 4. The van der Waals surface area contributed by atoms with Gasteiger partial charge in [0.15, 0.2) is 5.76 Å². The lowest BCUT2D eigenvalue weighted by molar-refractivity contribution is -0.140. The fourth-order valence-corrected chi connectivity index (χ4v) is 8.21. The molecule has 6 aromatic rings. The van der Waals surface area contributed by atoms with Gasteiger partial charge in [0.1, 0.15) is 23.9 Å². The summed E-state index contributed by atoms with van der Waals surface area (Å²) < 4.78 is 6.28. The maximum Gasteiger partial charge on any atom is 0.250 e. The second kappa shape index (κ2) is 17.0. The van der Waals surface area contributed by atoms with Crippen LogP contribution >= 0.6 is 0 Å². The van der Waals surface area contributed by atoms with Crippen LogP contribution in [0.4, 0.5) is 5.69 Å². The third kappa shape index (κ3) is 8.26. The van der Waals surface area contributed by atoms with Gasteiger partial charge in [0, 0.05) is 43.8 Å². The number of anilines is 1. The maximum atomic E-state index is 13.9. The van der Waals surface area contributed by atoms with Gasteiger partial charge in [-0.15, -0.1) is 0 Å². The van der Waals surface area contributed by atoms with Crippen LogP contribution < -0.4 is 16.0 Å². The van der Waals surface area contributed by atoms with Gasteiger partial charge in [0.25, 0.3) is 0 Å². The Balaban J connectivity index is 0.975. The quantitative estimate of drug-likeness (QED) is 0.114. The normalized spacial score (nSPS) is 17.3. The van der Waals surface area contributed by atoms with E-state index in [1.54, 1.807) is 34.2 Å². The topological polar surface area (TPSA) is 183 Å². The van der Waals surface area contributed by atoms with Crippen molar-refractivity contribution in [2.75, 3.05) is 18.4 Å². The molecule has 2 aromatic heterocycles. The van der Waals surface area contributed by atoms with Crippen molar-refractivity contribution in [3.63, 3.8) is 0 Å². The Bertz CT molecular complexity index is 2570. The van der Waals surface area contributed by atoms with Gasteiger partial charge < -0.3 is 35.2 Å². The number of carbonyl (C=O) groups excluding carboxylic acids is 5. The van der Waals surface area contributed by atoms with Crippen LogP contribution in [0.2, 0.25) is 0 Å². The first-order chi connectivity index (χ1) is 29.0. The minimum atomic E-state index is -0.902. The number of imidazole rings is 1. The number of aryl methyl sites for hydroxylation is 1. The summed E-state index contributed by atoms with van der Waals surface area (Å²) in [6, 6.07) is 26.9. The smallest absolute Gasteiger partial charge is 0.250 e. The monoisotopic (exact) mass is 806 g/mol. The predicted molar refractivity (Wildman–Crippen MR) is 225 cm³/mol. The number of likely N-dealkylation sites (tertiary alicyclic amines) is 2. The molecule has 0 radical (unpaired) electrons. The van der Waals surface area contributed by atoms with Gasteiger partial charge in [-0.25, -0.2) is 9.97 Å². The molecule has 2 aliphatic heterocycles. The van der Waals surface area contributed by atoms with Crippen molar-refractivity contribution >= 4 is 46.3 Å². The number of carbonyl (C=O) groups is 5. The van der Waals surface area contributed by atoms with E-state index in [0.717, 1.165) is 40.6 Å². The highest BCUT2D eigenvalue weighted by molar-refractivity contribution is 6.00. The van der Waals surface area contributed by atoms with Crippen molar-refractivity contribution in [1.29, 1.82) is 0 Å². The predicted octanol–water partition coefficient (Wildman–Crippen LogP) is 6.54. The van der Waals surface area contributed by atoms with Crippen LogP contribution in [0.15, 0.2) is 108 Å². The third-order valence-corrected chi connectivity index (χ3v) is 11.2. The van der Waals surface area contributed by atoms with Crippen LogP contribution in [0.25, 0.3) is 33.8 Å². The first-order valence-electron chi connectivity index (χ1n) is 20.2. The Kier molecular flexibility index (Phi) is 11.3. The van der Waals surface area contributed by atoms with E-state index in [0.29, 0.717) is 60.2 Å². The number of hydrogen-bond donors (Lipinski definition) is 4. The second-order valence-corrected chi connectivity index (χ2v) is 15.4. The van der Waals surface area contributed by atoms with Gasteiger partial charge in [-0.2, -0.15) is 0 Å². The third-order valence-electron chi connectivity index (χ3n) is 11.2. The molecule has 2 aliphatic rings. The molecule has 8 rings (SSSR count). The molecular weight excluding hydrogens is 761 g/mol. The van der Waals surface area contributed by atoms with E-state index < -0.39 is 18.1 Å². The van der Waals surface area contributed by atoms with Crippen LogP contribution in [-0.4, -0.2) is 73.4 Å². The van der Waals surface area contributed by atoms with Crippen molar-refractivity contribution in [3.05, 3.63) is 126 Å². The fourth-order valence-electron chi connectivity index (χ4n) is 8.21. The highest BCUT2D eigenvalue weighted by Gasteiger charge is 2.39. The fraction of sp³-hybridized carbons (Fsp3) is 0.283. The van der Waals surface area contributed by atoms with E-state index in [-0.39, 0.29) is 35.6 Å². The summed E-state index contributed by atoms with van der Waals surface area (Å²) in [4.78, 5) is 82.0. The maximum absolute atomic E-state index is 13.9. The van der Waals surface area contributed by atoms with Crippen LogP contribution in [0.1, 0.15) is 80.2 Å². The number of rotatable bonds is 11. The zero-order valence-electron chi connectivity index (χ0n) is 33.6. The van der Waals surface area contributed by atoms with Crippen LogP contribution in [-0.2, 0) is 24.0 Å². The summed E-state index contributed by atoms with van der Waals surface area (Å²) in [5.74, 6) is 0.108. The number of aromatic amines is 1. The molecule has 306 valence electrons. The van der Waals surface area contributed by atoms with E-state index in [2.05, 4.69) is 25.9 Å². The van der Waals surface area contributed by atoms with Crippen molar-refractivity contribution < 1.29 is 28.4 Å². The molecule has 4 heterocycles. The Morgan fingerprint density at radius 2 is 1.37 bits per heavy atom. The van der Waals surface area contributed by atoms with Crippen molar-refractivity contribution in [2.45, 2.75) is 70.6 Å². The molecule has 0 saturated carbocycles. The molecule has 14 nitrogen and oxygen atoms in total. The summed E-state index contributed by atoms with van der Waals surface area (Å²) in [5, 5.41) is 8.64. The average Bonchev–Trinajstić information content (AvgIpc) is 4.09. The summed E-state index contributed by atoms with van der Waals surface area (Å²) in [6.45, 7) is 5.62. The van der Waals surface area contributed by atoms with Crippen molar-refractivity contribution in [2.24, 2.45) is 0 Å². The van der Waals surface area contributed by atoms with Gasteiger partial charge in [-0.1, -0.05) is 66.7 Å². The van der Waals surface area contributed by atoms with Crippen molar-refractivity contribution in [1.82, 2.24) is 35.4 Å². The molecule has 4 atom stereocenters. The molecule has 0 spiro atoms. The molecule has 0 bridgehead atoms. The summed E-state index contributed by atoms with van der Waals surface area (Å²) >= 11 is 0. The Morgan fingerprint density at radius 1 is 0.750 bits per heavy atom. The summed E-state index contributed by atoms with van der Waals surface area (Å²) in [6.07, 6.45) is 4.33. The Hall–Kier alpha value is -7.09. The molecule has 0 unspecified atom stereocenters. The number of oxazole rings is 1. The SMILES string of the molecule is CC(=O)N[C@H](C(=O)N1CCC[C@H]1c1nc2ccc(-c3cnc(-c4ccc(C)c(NC(=O)[C@H]5CCCN5C(=O)[C@H](NC(C)=O)c5ccccc5)c4)o3)cc2[nH]1)c1ccccc1. The minimum Gasteiger partial charge on any atom is -0.436 e. The molecule has 5 amide bonds. The molecule has 14 heteroatoms. The standard InChI is InChI=1S/C46H46N8O6/c1-27-18-19-33(25-35(27)52-43(57)38-17-11-23-54(38)46(59)41(49-29(3)56)31-14-8-5-9-15-31)44-47-26-39(60-44)32-20-21-34-36(24-32)51-42(50-34)37-16-10-22-53(37)45(58)40(48-28(2)55)30-12-6-4-7-13-30/h4-9,12-15,18-21,24-26,37-38,40-41H,10-11,16-17,22-23H2,1-3H3,(H,48,55)(H,49,56)(H,50,51)(H,52,57)/t37-,38+,40-,41+/m0/s1. The number of aromatic nitrogens is 3. The van der Waals surface area contributed by atoms with E-state index in [1.165, 1.54) is 13.8 Å². The van der Waals surface area contributed by atoms with E-state index >= 15 is 0 Å². The molecule has 4 N–H and O–H groups in total. The molecule has 4 aromatic carbocycles. The van der Waals surface area contributed by atoms with E-state index in [1.807, 2.05) is 85.8 Å². The zero-order valence-corrected chi connectivity index (χ0v) is 33.6. The van der Waals surface area contributed by atoms with Gasteiger partial charge in [0.2, 0.25) is 35.4 Å². The van der Waals surface area contributed by atoms with Gasteiger partial charge in [-0.05, 0) is 79.6 Å². The first-order valence-corrected chi connectivity index (χ1v) is 20.2.